The van der Waals surface area contributed by atoms with Crippen LogP contribution in [-0.4, -0.2) is 31.4 Å². The molecule has 1 aromatic rings. The summed E-state index contributed by atoms with van der Waals surface area (Å²) in [5.74, 6) is -0.254. The van der Waals surface area contributed by atoms with Crippen LogP contribution in [0.3, 0.4) is 0 Å². The van der Waals surface area contributed by atoms with Gasteiger partial charge in [-0.05, 0) is 25.1 Å². The number of nitrogens with one attached hydrogen (secondary N) is 3. The highest BCUT2D eigenvalue weighted by molar-refractivity contribution is 6.03. The third-order valence-corrected chi connectivity index (χ3v) is 2.76. The minimum Gasteiger partial charge on any atom is -0.352 e. The number of hydrogen-bond donors (Lipinski definition) is 3. The Morgan fingerprint density at radius 1 is 1.10 bits per heavy atom. The number of hydrogen-bond acceptors (Lipinski definition) is 3. The Bertz CT molecular complexity index is 446. The summed E-state index contributed by atoms with van der Waals surface area (Å²) in [6, 6.07) is 7.04. The minimum atomic E-state index is -0.158. The van der Waals surface area contributed by atoms with E-state index in [0.29, 0.717) is 30.8 Å². The SMILES string of the molecule is CCCNC(=O)c1ccccc1NC(=O)CCNCC. The molecule has 0 aliphatic heterocycles. The number of para-hydroxylation sites is 1. The van der Waals surface area contributed by atoms with Gasteiger partial charge < -0.3 is 16.0 Å². The van der Waals surface area contributed by atoms with Crippen LogP contribution in [0.5, 0.6) is 0 Å². The summed E-state index contributed by atoms with van der Waals surface area (Å²) < 4.78 is 0. The van der Waals surface area contributed by atoms with Gasteiger partial charge in [-0.3, -0.25) is 9.59 Å². The number of amides is 2. The fourth-order valence-corrected chi connectivity index (χ4v) is 1.72. The van der Waals surface area contributed by atoms with Crippen molar-refractivity contribution in [3.8, 4) is 0 Å². The second kappa shape index (κ2) is 9.09. The molecule has 0 heterocycles. The maximum absolute atomic E-state index is 12.0. The first-order valence-electron chi connectivity index (χ1n) is 7.06. The first-order chi connectivity index (χ1) is 9.69. The van der Waals surface area contributed by atoms with Crippen LogP contribution in [-0.2, 0) is 4.79 Å². The number of rotatable bonds is 8. The molecule has 0 aromatic heterocycles. The van der Waals surface area contributed by atoms with Crippen LogP contribution in [0.1, 0.15) is 37.0 Å². The van der Waals surface area contributed by atoms with Crippen LogP contribution in [0, 0.1) is 0 Å². The quantitative estimate of drug-likeness (QED) is 0.634. The van der Waals surface area contributed by atoms with Crippen molar-refractivity contribution < 1.29 is 9.59 Å². The predicted molar refractivity (Wildman–Crippen MR) is 80.9 cm³/mol. The standard InChI is InChI=1S/C15H23N3O2/c1-3-10-17-15(20)12-7-5-6-8-13(12)18-14(19)9-11-16-4-2/h5-8,16H,3-4,9-11H2,1-2H3,(H,17,20)(H,18,19). The molecule has 0 saturated heterocycles. The molecule has 110 valence electrons. The third-order valence-electron chi connectivity index (χ3n) is 2.76. The average Bonchev–Trinajstić information content (AvgIpc) is 2.45. The summed E-state index contributed by atoms with van der Waals surface area (Å²) in [5, 5.41) is 8.69. The second-order valence-electron chi connectivity index (χ2n) is 4.45. The minimum absolute atomic E-state index is 0.0957. The molecule has 1 rings (SSSR count). The van der Waals surface area contributed by atoms with Crippen molar-refractivity contribution in [1.82, 2.24) is 10.6 Å². The van der Waals surface area contributed by atoms with Gasteiger partial charge in [0.1, 0.15) is 0 Å². The summed E-state index contributed by atoms with van der Waals surface area (Å²) >= 11 is 0. The summed E-state index contributed by atoms with van der Waals surface area (Å²) in [7, 11) is 0. The first-order valence-corrected chi connectivity index (χ1v) is 7.06. The van der Waals surface area contributed by atoms with Crippen LogP contribution in [0.15, 0.2) is 24.3 Å². The molecule has 0 aliphatic carbocycles. The van der Waals surface area contributed by atoms with E-state index in [0.717, 1.165) is 13.0 Å². The number of anilines is 1. The maximum Gasteiger partial charge on any atom is 0.253 e. The van der Waals surface area contributed by atoms with Gasteiger partial charge in [-0.25, -0.2) is 0 Å². The first kappa shape index (κ1) is 16.2. The van der Waals surface area contributed by atoms with Crippen LogP contribution in [0.2, 0.25) is 0 Å². The molecule has 0 bridgehead atoms. The van der Waals surface area contributed by atoms with Crippen LogP contribution < -0.4 is 16.0 Å². The lowest BCUT2D eigenvalue weighted by atomic mass is 10.1. The molecule has 0 radical (unpaired) electrons. The molecular formula is C15H23N3O2. The lowest BCUT2D eigenvalue weighted by molar-refractivity contribution is -0.116. The lowest BCUT2D eigenvalue weighted by Crippen LogP contribution is -2.26. The topological polar surface area (TPSA) is 70.2 Å². The van der Waals surface area contributed by atoms with Gasteiger partial charge in [0, 0.05) is 19.5 Å². The second-order valence-corrected chi connectivity index (χ2v) is 4.45. The van der Waals surface area contributed by atoms with E-state index in [1.165, 1.54) is 0 Å². The third kappa shape index (κ3) is 5.40. The number of carbonyl (C=O) groups excluding carboxylic acids is 2. The molecule has 0 atom stereocenters. The van der Waals surface area contributed by atoms with E-state index in [4.69, 9.17) is 0 Å². The van der Waals surface area contributed by atoms with Crippen LogP contribution >= 0.6 is 0 Å². The largest absolute Gasteiger partial charge is 0.352 e. The molecule has 0 unspecified atom stereocenters. The maximum atomic E-state index is 12.0. The van der Waals surface area contributed by atoms with Gasteiger partial charge in [-0.1, -0.05) is 26.0 Å². The van der Waals surface area contributed by atoms with Gasteiger partial charge in [0.05, 0.1) is 11.3 Å². The molecule has 5 heteroatoms. The smallest absolute Gasteiger partial charge is 0.253 e. The van der Waals surface area contributed by atoms with Crippen molar-refractivity contribution >= 4 is 17.5 Å². The molecule has 2 amide bonds. The van der Waals surface area contributed by atoms with Crippen molar-refractivity contribution in [1.29, 1.82) is 0 Å². The Morgan fingerprint density at radius 2 is 1.85 bits per heavy atom. The van der Waals surface area contributed by atoms with E-state index in [9.17, 15) is 9.59 Å². The van der Waals surface area contributed by atoms with Crippen LogP contribution in [0.4, 0.5) is 5.69 Å². The molecular weight excluding hydrogens is 254 g/mol. The van der Waals surface area contributed by atoms with E-state index < -0.39 is 0 Å². The fourth-order valence-electron chi connectivity index (χ4n) is 1.72. The molecule has 5 nitrogen and oxygen atoms in total. The highest BCUT2D eigenvalue weighted by Crippen LogP contribution is 2.15. The van der Waals surface area contributed by atoms with Crippen molar-refractivity contribution in [3.63, 3.8) is 0 Å². The van der Waals surface area contributed by atoms with Gasteiger partial charge in [0.15, 0.2) is 0 Å². The fraction of sp³-hybridized carbons (Fsp3) is 0.467. The molecule has 0 aliphatic rings. The molecule has 3 N–H and O–H groups in total. The molecule has 0 saturated carbocycles. The summed E-state index contributed by atoms with van der Waals surface area (Å²) in [6.45, 7) is 6.08. The highest BCUT2D eigenvalue weighted by Gasteiger charge is 2.12. The van der Waals surface area contributed by atoms with Gasteiger partial charge in [-0.15, -0.1) is 0 Å². The van der Waals surface area contributed by atoms with E-state index in [-0.39, 0.29) is 11.8 Å². The summed E-state index contributed by atoms with van der Waals surface area (Å²) in [5.41, 5.74) is 1.06. The molecule has 20 heavy (non-hydrogen) atoms. The van der Waals surface area contributed by atoms with Crippen molar-refractivity contribution in [2.75, 3.05) is 25.0 Å². The molecule has 1 aromatic carbocycles. The van der Waals surface area contributed by atoms with Gasteiger partial charge >= 0.3 is 0 Å². The van der Waals surface area contributed by atoms with E-state index >= 15 is 0 Å². The average molecular weight is 277 g/mol. The monoisotopic (exact) mass is 277 g/mol. The lowest BCUT2D eigenvalue weighted by Gasteiger charge is -2.11. The van der Waals surface area contributed by atoms with Crippen molar-refractivity contribution in [2.45, 2.75) is 26.7 Å². The zero-order valence-electron chi connectivity index (χ0n) is 12.2. The highest BCUT2D eigenvalue weighted by atomic mass is 16.2. The van der Waals surface area contributed by atoms with E-state index in [1.54, 1.807) is 24.3 Å². The molecule has 0 spiro atoms. The Labute approximate surface area is 120 Å². The van der Waals surface area contributed by atoms with Crippen molar-refractivity contribution in [2.24, 2.45) is 0 Å². The summed E-state index contributed by atoms with van der Waals surface area (Å²) in [6.07, 6.45) is 1.27. The van der Waals surface area contributed by atoms with E-state index in [2.05, 4.69) is 16.0 Å². The predicted octanol–water partition coefficient (Wildman–Crippen LogP) is 1.76. The summed E-state index contributed by atoms with van der Waals surface area (Å²) in [4.78, 5) is 23.8. The Morgan fingerprint density at radius 3 is 2.55 bits per heavy atom. The zero-order chi connectivity index (χ0) is 14.8. The van der Waals surface area contributed by atoms with E-state index in [1.807, 2.05) is 13.8 Å². The Hall–Kier alpha value is -1.88. The zero-order valence-corrected chi connectivity index (χ0v) is 12.2. The Kier molecular flexibility index (Phi) is 7.35. The van der Waals surface area contributed by atoms with Gasteiger partial charge in [-0.2, -0.15) is 0 Å². The Balaban J connectivity index is 2.65. The van der Waals surface area contributed by atoms with Crippen molar-refractivity contribution in [3.05, 3.63) is 29.8 Å². The molecule has 0 fully saturated rings. The number of benzene rings is 1. The van der Waals surface area contributed by atoms with Gasteiger partial charge in [0.2, 0.25) is 5.91 Å². The van der Waals surface area contributed by atoms with Crippen LogP contribution in [0.25, 0.3) is 0 Å². The normalized spacial score (nSPS) is 10.1. The number of carbonyl (C=O) groups is 2. The van der Waals surface area contributed by atoms with Gasteiger partial charge in [0.25, 0.3) is 5.91 Å².